The maximum Gasteiger partial charge on any atom is 0.0807 e. The van der Waals surface area contributed by atoms with Crippen molar-refractivity contribution in [3.8, 4) is 0 Å². The van der Waals surface area contributed by atoms with E-state index in [-0.39, 0.29) is 5.54 Å². The lowest BCUT2D eigenvalue weighted by molar-refractivity contribution is 0.142. The van der Waals surface area contributed by atoms with Gasteiger partial charge in [0.1, 0.15) is 0 Å². The summed E-state index contributed by atoms with van der Waals surface area (Å²) >= 11 is 0. The summed E-state index contributed by atoms with van der Waals surface area (Å²) in [5.41, 5.74) is 7.63. The second-order valence-electron chi connectivity index (χ2n) is 4.62. The van der Waals surface area contributed by atoms with Crippen molar-refractivity contribution in [2.75, 3.05) is 0 Å². The van der Waals surface area contributed by atoms with E-state index < -0.39 is 6.10 Å². The van der Waals surface area contributed by atoms with Gasteiger partial charge in [-0.15, -0.1) is 0 Å². The zero-order chi connectivity index (χ0) is 10.8. The molecule has 2 nitrogen and oxygen atoms in total. The Hall–Kier alpha value is -0.860. The molecule has 0 fully saturated rings. The van der Waals surface area contributed by atoms with Crippen LogP contribution in [0.25, 0.3) is 0 Å². The van der Waals surface area contributed by atoms with Gasteiger partial charge in [-0.05, 0) is 32.8 Å². The summed E-state index contributed by atoms with van der Waals surface area (Å²) < 4.78 is 0. The molecule has 1 aromatic carbocycles. The lowest BCUT2D eigenvalue weighted by Gasteiger charge is -2.22. The number of hydrogen-bond acceptors (Lipinski definition) is 2. The first-order valence-corrected chi connectivity index (χ1v) is 4.92. The first-order chi connectivity index (χ1) is 6.38. The van der Waals surface area contributed by atoms with Gasteiger partial charge in [0.05, 0.1) is 6.10 Å². The van der Waals surface area contributed by atoms with Crippen LogP contribution in [0.5, 0.6) is 0 Å². The van der Waals surface area contributed by atoms with Crippen molar-refractivity contribution < 1.29 is 5.11 Å². The number of aliphatic hydroxyl groups excluding tert-OH is 1. The fraction of sp³-hybridized carbons (Fsp3) is 0.500. The molecule has 0 aromatic heterocycles. The van der Waals surface area contributed by atoms with Crippen molar-refractivity contribution in [2.24, 2.45) is 5.73 Å². The van der Waals surface area contributed by atoms with Crippen molar-refractivity contribution in [1.82, 2.24) is 0 Å². The van der Waals surface area contributed by atoms with Gasteiger partial charge in [0.25, 0.3) is 0 Å². The number of aliphatic hydroxyl groups is 1. The van der Waals surface area contributed by atoms with Crippen LogP contribution in [0.3, 0.4) is 0 Å². The molecule has 0 saturated heterocycles. The molecule has 0 aliphatic carbocycles. The summed E-state index contributed by atoms with van der Waals surface area (Å²) in [5, 5.41) is 9.90. The molecule has 0 bridgehead atoms. The average Bonchev–Trinajstić information content (AvgIpc) is 2.01. The van der Waals surface area contributed by atoms with E-state index in [0.29, 0.717) is 6.42 Å². The predicted octanol–water partition coefficient (Wildman–Crippen LogP) is 2.16. The van der Waals surface area contributed by atoms with Crippen molar-refractivity contribution in [3.63, 3.8) is 0 Å². The van der Waals surface area contributed by atoms with Gasteiger partial charge in [-0.25, -0.2) is 0 Å². The van der Waals surface area contributed by atoms with Crippen molar-refractivity contribution in [1.29, 1.82) is 0 Å². The van der Waals surface area contributed by atoms with Gasteiger partial charge in [0.15, 0.2) is 0 Å². The predicted molar refractivity (Wildman–Crippen MR) is 59.0 cm³/mol. The lowest BCUT2D eigenvalue weighted by atomic mass is 9.93. The summed E-state index contributed by atoms with van der Waals surface area (Å²) in [4.78, 5) is 0. The van der Waals surface area contributed by atoms with Crippen LogP contribution in [0, 0.1) is 6.92 Å². The van der Waals surface area contributed by atoms with Crippen LogP contribution >= 0.6 is 0 Å². The molecule has 0 aliphatic heterocycles. The Balaban J connectivity index is 2.74. The molecule has 14 heavy (non-hydrogen) atoms. The third-order valence-electron chi connectivity index (χ3n) is 2.15. The van der Waals surface area contributed by atoms with Gasteiger partial charge in [-0.3, -0.25) is 0 Å². The lowest BCUT2D eigenvalue weighted by Crippen LogP contribution is -2.33. The molecule has 3 N–H and O–H groups in total. The zero-order valence-electron chi connectivity index (χ0n) is 9.12. The van der Waals surface area contributed by atoms with Gasteiger partial charge in [0.2, 0.25) is 0 Å². The van der Waals surface area contributed by atoms with E-state index >= 15 is 0 Å². The highest BCUT2D eigenvalue weighted by Crippen LogP contribution is 2.22. The van der Waals surface area contributed by atoms with E-state index in [4.69, 9.17) is 5.73 Å². The normalized spacial score (nSPS) is 14.1. The Morgan fingerprint density at radius 1 is 1.43 bits per heavy atom. The molecule has 0 radical (unpaired) electrons. The van der Waals surface area contributed by atoms with E-state index in [9.17, 15) is 5.11 Å². The summed E-state index contributed by atoms with van der Waals surface area (Å²) in [6, 6.07) is 7.90. The average molecular weight is 193 g/mol. The largest absolute Gasteiger partial charge is 0.388 e. The van der Waals surface area contributed by atoms with Crippen LogP contribution in [0.2, 0.25) is 0 Å². The SMILES string of the molecule is Cc1cccc(C(O)CC(C)(C)N)c1. The van der Waals surface area contributed by atoms with Gasteiger partial charge in [-0.2, -0.15) is 0 Å². The van der Waals surface area contributed by atoms with Gasteiger partial charge >= 0.3 is 0 Å². The number of nitrogens with two attached hydrogens (primary N) is 1. The molecule has 78 valence electrons. The van der Waals surface area contributed by atoms with E-state index in [1.807, 2.05) is 45.0 Å². The standard InChI is InChI=1S/C12H19NO/c1-9-5-4-6-10(7-9)11(14)8-12(2,3)13/h4-7,11,14H,8,13H2,1-3H3. The molecule has 1 aromatic rings. The molecule has 0 heterocycles. The number of benzene rings is 1. The Kier molecular flexibility index (Phi) is 3.29. The molecular weight excluding hydrogens is 174 g/mol. The third kappa shape index (κ3) is 3.48. The van der Waals surface area contributed by atoms with Crippen LogP contribution in [-0.4, -0.2) is 10.6 Å². The van der Waals surface area contributed by atoms with Crippen LogP contribution < -0.4 is 5.73 Å². The summed E-state index contributed by atoms with van der Waals surface area (Å²) in [6.07, 6.45) is 0.117. The van der Waals surface area contributed by atoms with Gasteiger partial charge in [-0.1, -0.05) is 29.8 Å². The fourth-order valence-electron chi connectivity index (χ4n) is 1.49. The minimum absolute atomic E-state index is 0.330. The minimum Gasteiger partial charge on any atom is -0.388 e. The minimum atomic E-state index is -0.463. The molecule has 0 amide bonds. The number of hydrogen-bond donors (Lipinski definition) is 2. The first kappa shape index (κ1) is 11.2. The van der Waals surface area contributed by atoms with Crippen LogP contribution in [-0.2, 0) is 0 Å². The molecule has 0 saturated carbocycles. The second-order valence-corrected chi connectivity index (χ2v) is 4.62. The monoisotopic (exact) mass is 193 g/mol. The Morgan fingerprint density at radius 2 is 2.07 bits per heavy atom. The van der Waals surface area contributed by atoms with Crippen LogP contribution in [0.1, 0.15) is 37.5 Å². The first-order valence-electron chi connectivity index (χ1n) is 4.92. The molecule has 2 heteroatoms. The van der Waals surface area contributed by atoms with Gasteiger partial charge < -0.3 is 10.8 Å². The van der Waals surface area contributed by atoms with Crippen LogP contribution in [0.15, 0.2) is 24.3 Å². The Bertz CT molecular complexity index is 301. The van der Waals surface area contributed by atoms with Gasteiger partial charge in [0, 0.05) is 5.54 Å². The van der Waals surface area contributed by atoms with E-state index in [2.05, 4.69) is 0 Å². The summed E-state index contributed by atoms with van der Waals surface area (Å²) in [5.74, 6) is 0. The van der Waals surface area contributed by atoms with E-state index in [0.717, 1.165) is 11.1 Å². The fourth-order valence-corrected chi connectivity index (χ4v) is 1.49. The maximum absolute atomic E-state index is 9.90. The quantitative estimate of drug-likeness (QED) is 0.772. The Morgan fingerprint density at radius 3 is 2.57 bits per heavy atom. The molecule has 0 aliphatic rings. The molecular formula is C12H19NO. The van der Waals surface area contributed by atoms with E-state index in [1.165, 1.54) is 0 Å². The number of rotatable bonds is 3. The number of aryl methyl sites for hydroxylation is 1. The van der Waals surface area contributed by atoms with Crippen molar-refractivity contribution in [3.05, 3.63) is 35.4 Å². The second kappa shape index (κ2) is 4.11. The third-order valence-corrected chi connectivity index (χ3v) is 2.15. The smallest absolute Gasteiger partial charge is 0.0807 e. The molecule has 0 spiro atoms. The molecule has 1 atom stereocenters. The van der Waals surface area contributed by atoms with E-state index in [1.54, 1.807) is 0 Å². The summed E-state index contributed by atoms with van der Waals surface area (Å²) in [7, 11) is 0. The maximum atomic E-state index is 9.90. The van der Waals surface area contributed by atoms with Crippen LogP contribution in [0.4, 0.5) is 0 Å². The highest BCUT2D eigenvalue weighted by molar-refractivity contribution is 5.24. The highest BCUT2D eigenvalue weighted by Gasteiger charge is 2.18. The van der Waals surface area contributed by atoms with Crippen molar-refractivity contribution >= 4 is 0 Å². The summed E-state index contributed by atoms with van der Waals surface area (Å²) in [6.45, 7) is 5.86. The molecule has 1 unspecified atom stereocenters. The highest BCUT2D eigenvalue weighted by atomic mass is 16.3. The van der Waals surface area contributed by atoms with Crippen molar-refractivity contribution in [2.45, 2.75) is 38.8 Å². The topological polar surface area (TPSA) is 46.2 Å². The Labute approximate surface area is 85.8 Å². The zero-order valence-corrected chi connectivity index (χ0v) is 9.12. The molecule has 1 rings (SSSR count).